The fourth-order valence-electron chi connectivity index (χ4n) is 1.54. The number of hydrogen-bond donors (Lipinski definition) is 0. The molecule has 1 aliphatic heterocycles. The maximum Gasteiger partial charge on any atom is 0.170 e. The van der Waals surface area contributed by atoms with E-state index < -0.39 is 0 Å². The molecule has 0 radical (unpaired) electrons. The van der Waals surface area contributed by atoms with Gasteiger partial charge in [0.1, 0.15) is 0 Å². The second kappa shape index (κ2) is 4.76. The maximum absolute atomic E-state index is 11.6. The first kappa shape index (κ1) is 12.2. The molecule has 1 heterocycles. The van der Waals surface area contributed by atoms with Gasteiger partial charge < -0.3 is 14.9 Å². The predicted octanol–water partition coefficient (Wildman–Crippen LogP) is 1.17. The molecule has 1 aromatic rings. The number of rotatable bonds is 2. The van der Waals surface area contributed by atoms with Gasteiger partial charge in [-0.2, -0.15) is 0 Å². The second-order valence-electron chi connectivity index (χ2n) is 3.16. The van der Waals surface area contributed by atoms with Crippen molar-refractivity contribution in [1.29, 1.82) is 0 Å². The summed E-state index contributed by atoms with van der Waals surface area (Å²) in [4.78, 5) is 15.7. The number of carbonyl (C=O) groups is 1. The monoisotopic (exact) mass is 223 g/mol. The van der Waals surface area contributed by atoms with Gasteiger partial charge in [0.15, 0.2) is 17.3 Å². The van der Waals surface area contributed by atoms with E-state index in [-0.39, 0.29) is 11.3 Å². The van der Waals surface area contributed by atoms with Gasteiger partial charge >= 0.3 is 0 Å². The Kier molecular flexibility index (Phi) is 3.63. The third kappa shape index (κ3) is 1.90. The van der Waals surface area contributed by atoms with E-state index in [1.54, 1.807) is 32.6 Å². The zero-order valence-electron chi connectivity index (χ0n) is 9.11. The normalized spacial score (nSPS) is 12.8. The van der Waals surface area contributed by atoms with E-state index in [1.807, 2.05) is 0 Å². The molecule has 2 rings (SSSR count). The Morgan fingerprint density at radius 3 is 2.44 bits per heavy atom. The molecule has 0 amide bonds. The fourth-order valence-corrected chi connectivity index (χ4v) is 1.54. The highest BCUT2D eigenvalue weighted by Gasteiger charge is 2.18. The number of benzene rings is 1. The molecule has 0 aromatic heterocycles. The van der Waals surface area contributed by atoms with Gasteiger partial charge in [-0.1, -0.05) is 0 Å². The summed E-state index contributed by atoms with van der Waals surface area (Å²) in [5.41, 5.74) is 1.24. The van der Waals surface area contributed by atoms with Crippen LogP contribution < -0.4 is 9.47 Å². The summed E-state index contributed by atoms with van der Waals surface area (Å²) >= 11 is 0. The molecule has 0 unspecified atom stereocenters. The summed E-state index contributed by atoms with van der Waals surface area (Å²) in [5.74, 6) is 1.20. The lowest BCUT2D eigenvalue weighted by Crippen LogP contribution is -2.05. The summed E-state index contributed by atoms with van der Waals surface area (Å²) < 4.78 is 10.2. The molecule has 2 N–H and O–H groups in total. The first-order valence-corrected chi connectivity index (χ1v) is 4.58. The largest absolute Gasteiger partial charge is 0.493 e. The van der Waals surface area contributed by atoms with Crippen LogP contribution in [0.4, 0.5) is 5.69 Å². The molecule has 0 saturated carbocycles. The zero-order chi connectivity index (χ0) is 10.8. The first-order chi connectivity index (χ1) is 7.26. The topological polar surface area (TPSA) is 79.4 Å². The predicted molar refractivity (Wildman–Crippen MR) is 60.3 cm³/mol. The van der Waals surface area contributed by atoms with Crippen molar-refractivity contribution in [3.8, 4) is 11.5 Å². The third-order valence-electron chi connectivity index (χ3n) is 2.31. The third-order valence-corrected chi connectivity index (χ3v) is 2.31. The van der Waals surface area contributed by atoms with Crippen molar-refractivity contribution < 1.29 is 19.7 Å². The molecule has 0 bridgehead atoms. The first-order valence-electron chi connectivity index (χ1n) is 4.58. The lowest BCUT2D eigenvalue weighted by atomic mass is 10.0. The number of fused-ring (bicyclic) bond motifs is 1. The van der Waals surface area contributed by atoms with Crippen LogP contribution in [0.5, 0.6) is 11.5 Å². The van der Waals surface area contributed by atoms with Crippen molar-refractivity contribution in [2.45, 2.75) is 6.42 Å². The summed E-state index contributed by atoms with van der Waals surface area (Å²) in [5, 5.41) is 0. The van der Waals surface area contributed by atoms with E-state index >= 15 is 0 Å². The molecule has 5 nitrogen and oxygen atoms in total. The van der Waals surface area contributed by atoms with Crippen LogP contribution in [0.1, 0.15) is 16.8 Å². The number of ether oxygens (including phenoxy) is 2. The van der Waals surface area contributed by atoms with E-state index in [0.29, 0.717) is 29.2 Å². The molecule has 0 fully saturated rings. The highest BCUT2D eigenvalue weighted by atomic mass is 16.5. The van der Waals surface area contributed by atoms with Crippen molar-refractivity contribution in [1.82, 2.24) is 0 Å². The number of aliphatic imine (C=N–C) groups is 1. The summed E-state index contributed by atoms with van der Waals surface area (Å²) in [7, 11) is 3.10. The van der Waals surface area contributed by atoms with Crippen LogP contribution in [0.3, 0.4) is 0 Å². The fraction of sp³-hybridized carbons (Fsp3) is 0.273. The van der Waals surface area contributed by atoms with E-state index in [0.717, 1.165) is 0 Å². The molecule has 86 valence electrons. The number of methoxy groups -OCH3 is 2. The zero-order valence-corrected chi connectivity index (χ0v) is 9.11. The molecule has 0 saturated heterocycles. The Hall–Kier alpha value is -1.88. The van der Waals surface area contributed by atoms with Crippen molar-refractivity contribution in [3.63, 3.8) is 0 Å². The highest BCUT2D eigenvalue weighted by Crippen LogP contribution is 2.36. The van der Waals surface area contributed by atoms with Gasteiger partial charge in [-0.05, 0) is 6.07 Å². The van der Waals surface area contributed by atoms with Crippen LogP contribution in [-0.4, -0.2) is 31.7 Å². The Bertz CT molecular complexity index is 440. The van der Waals surface area contributed by atoms with Crippen LogP contribution in [0.15, 0.2) is 17.1 Å². The van der Waals surface area contributed by atoms with Crippen LogP contribution in [0, 0.1) is 0 Å². The minimum Gasteiger partial charge on any atom is -0.493 e. The SMILES string of the molecule is COc1cc2c(cc1OC)C(=O)CC=N2.O. The van der Waals surface area contributed by atoms with Crippen molar-refractivity contribution in [2.24, 2.45) is 4.99 Å². The molecule has 16 heavy (non-hydrogen) atoms. The number of nitrogens with zero attached hydrogens (tertiary/aromatic N) is 1. The van der Waals surface area contributed by atoms with Gasteiger partial charge in [-0.15, -0.1) is 0 Å². The van der Waals surface area contributed by atoms with Gasteiger partial charge in [0.05, 0.1) is 19.9 Å². The van der Waals surface area contributed by atoms with Crippen LogP contribution >= 0.6 is 0 Å². The molecule has 1 aliphatic rings. The average Bonchev–Trinajstić information content (AvgIpc) is 2.28. The lowest BCUT2D eigenvalue weighted by molar-refractivity contribution is 0.100. The summed E-state index contributed by atoms with van der Waals surface area (Å²) in [6, 6.07) is 3.38. The smallest absolute Gasteiger partial charge is 0.170 e. The number of hydrogen-bond acceptors (Lipinski definition) is 4. The molecule has 0 atom stereocenters. The quantitative estimate of drug-likeness (QED) is 0.754. The molecular formula is C11H13NO4. The Labute approximate surface area is 93.0 Å². The second-order valence-corrected chi connectivity index (χ2v) is 3.16. The van der Waals surface area contributed by atoms with Crippen LogP contribution in [0.2, 0.25) is 0 Å². The van der Waals surface area contributed by atoms with Crippen molar-refractivity contribution in [3.05, 3.63) is 17.7 Å². The summed E-state index contributed by atoms with van der Waals surface area (Å²) in [6.07, 6.45) is 1.96. The summed E-state index contributed by atoms with van der Waals surface area (Å²) in [6.45, 7) is 0. The molecule has 0 spiro atoms. The molecule has 0 aliphatic carbocycles. The van der Waals surface area contributed by atoms with Gasteiger partial charge in [0, 0.05) is 24.3 Å². The van der Waals surface area contributed by atoms with Gasteiger partial charge in [0.25, 0.3) is 0 Å². The van der Waals surface area contributed by atoms with Gasteiger partial charge in [-0.25, -0.2) is 0 Å². The molecule has 1 aromatic carbocycles. The minimum absolute atomic E-state index is 0. The van der Waals surface area contributed by atoms with Crippen LogP contribution in [-0.2, 0) is 0 Å². The Balaban J connectivity index is 0.00000128. The van der Waals surface area contributed by atoms with Gasteiger partial charge in [-0.3, -0.25) is 9.79 Å². The highest BCUT2D eigenvalue weighted by molar-refractivity contribution is 6.10. The lowest BCUT2D eigenvalue weighted by Gasteiger charge is -2.13. The van der Waals surface area contributed by atoms with Gasteiger partial charge in [0.2, 0.25) is 0 Å². The van der Waals surface area contributed by atoms with E-state index in [9.17, 15) is 4.79 Å². The molecular weight excluding hydrogens is 210 g/mol. The number of carbonyl (C=O) groups excluding carboxylic acids is 1. The van der Waals surface area contributed by atoms with Crippen LogP contribution in [0.25, 0.3) is 0 Å². The maximum atomic E-state index is 11.6. The van der Waals surface area contributed by atoms with Crippen molar-refractivity contribution in [2.75, 3.05) is 14.2 Å². The molecule has 5 heteroatoms. The standard InChI is InChI=1S/C11H11NO3.H2O/c1-14-10-5-7-8(6-11(10)15-2)12-4-3-9(7)13;/h4-6H,3H2,1-2H3;1H2. The van der Waals surface area contributed by atoms with E-state index in [2.05, 4.69) is 4.99 Å². The average molecular weight is 223 g/mol. The number of ketones is 1. The van der Waals surface area contributed by atoms with Crippen molar-refractivity contribution >= 4 is 17.7 Å². The number of Topliss-reactive ketones (excluding diaryl/α,β-unsaturated/α-hetero) is 1. The van der Waals surface area contributed by atoms with E-state index in [1.165, 1.54) is 0 Å². The van der Waals surface area contributed by atoms with E-state index in [4.69, 9.17) is 9.47 Å². The Morgan fingerprint density at radius 1 is 1.19 bits per heavy atom. The Morgan fingerprint density at radius 2 is 1.81 bits per heavy atom. The minimum atomic E-state index is 0.